The highest BCUT2D eigenvalue weighted by atomic mass is 32.2. The van der Waals surface area contributed by atoms with Gasteiger partial charge < -0.3 is 14.5 Å². The van der Waals surface area contributed by atoms with Crippen LogP contribution in [0.25, 0.3) is 27.9 Å². The second-order valence-electron chi connectivity index (χ2n) is 6.92. The van der Waals surface area contributed by atoms with Crippen LogP contribution in [0.15, 0.2) is 64.8 Å². The lowest BCUT2D eigenvalue weighted by Gasteiger charge is -2.20. The summed E-state index contributed by atoms with van der Waals surface area (Å²) in [6.07, 6.45) is 2.02. The molecule has 0 aliphatic carbocycles. The van der Waals surface area contributed by atoms with Crippen LogP contribution >= 0.6 is 11.8 Å². The molecule has 3 aromatic carbocycles. The third kappa shape index (κ3) is 2.23. The van der Waals surface area contributed by atoms with Gasteiger partial charge in [-0.3, -0.25) is 4.79 Å². The zero-order valence-corrected chi connectivity index (χ0v) is 15.6. The summed E-state index contributed by atoms with van der Waals surface area (Å²) in [6, 6.07) is 17.9. The Kier molecular flexibility index (Phi) is 3.34. The molecule has 2 aliphatic heterocycles. The first-order valence-electron chi connectivity index (χ1n) is 9.09. The van der Waals surface area contributed by atoms with Gasteiger partial charge in [0.15, 0.2) is 16.9 Å². The molecule has 0 bridgehead atoms. The molecular weight excluding hydrogens is 370 g/mol. The molecule has 0 saturated carbocycles. The van der Waals surface area contributed by atoms with Crippen LogP contribution in [-0.4, -0.2) is 11.8 Å². The highest BCUT2D eigenvalue weighted by Gasteiger charge is 2.26. The van der Waals surface area contributed by atoms with Crippen molar-refractivity contribution in [2.75, 3.05) is 6.79 Å². The predicted molar refractivity (Wildman–Crippen MR) is 113 cm³/mol. The van der Waals surface area contributed by atoms with Crippen molar-refractivity contribution in [2.45, 2.75) is 5.25 Å². The highest BCUT2D eigenvalue weighted by Crippen LogP contribution is 2.44. The molecule has 0 spiro atoms. The predicted octanol–water partition coefficient (Wildman–Crippen LogP) is 5.22. The fraction of sp³-hybridized carbons (Fsp3) is 0.0870. The average molecular weight is 385 g/mol. The van der Waals surface area contributed by atoms with Gasteiger partial charge in [-0.05, 0) is 46.9 Å². The van der Waals surface area contributed by atoms with Crippen LogP contribution in [0.5, 0.6) is 11.5 Å². The first kappa shape index (κ1) is 15.8. The summed E-state index contributed by atoms with van der Waals surface area (Å²) in [5.74, 6) is 1.49. The number of para-hydroxylation sites is 1. The molecule has 5 heteroatoms. The monoisotopic (exact) mass is 385 g/mol. The van der Waals surface area contributed by atoms with E-state index in [4.69, 9.17) is 9.47 Å². The normalized spacial score (nSPS) is 17.2. The lowest BCUT2D eigenvalue weighted by molar-refractivity contribution is 0.174. The van der Waals surface area contributed by atoms with Crippen LogP contribution in [0.1, 0.15) is 21.9 Å². The Morgan fingerprint density at radius 3 is 2.82 bits per heavy atom. The second kappa shape index (κ2) is 5.91. The van der Waals surface area contributed by atoms with Gasteiger partial charge in [-0.1, -0.05) is 30.3 Å². The fourth-order valence-corrected chi connectivity index (χ4v) is 5.12. The van der Waals surface area contributed by atoms with E-state index in [2.05, 4.69) is 10.4 Å². The largest absolute Gasteiger partial charge is 0.454 e. The van der Waals surface area contributed by atoms with E-state index in [1.54, 1.807) is 11.8 Å². The molecule has 1 aromatic heterocycles. The van der Waals surface area contributed by atoms with Gasteiger partial charge in [-0.15, -0.1) is 11.8 Å². The lowest BCUT2D eigenvalue weighted by Crippen LogP contribution is -2.13. The Bertz CT molecular complexity index is 1360. The van der Waals surface area contributed by atoms with E-state index in [0.717, 1.165) is 50.0 Å². The van der Waals surface area contributed by atoms with E-state index < -0.39 is 0 Å². The van der Waals surface area contributed by atoms with Crippen molar-refractivity contribution in [2.24, 2.45) is 0 Å². The third-order valence-corrected chi connectivity index (χ3v) is 6.44. The van der Waals surface area contributed by atoms with Gasteiger partial charge in [-0.25, -0.2) is 0 Å². The van der Waals surface area contributed by atoms with Gasteiger partial charge in [-0.2, -0.15) is 0 Å². The minimum atomic E-state index is -0.0914. The third-order valence-electron chi connectivity index (χ3n) is 5.37. The number of nitrogens with one attached hydrogen (secondary N) is 1. The van der Waals surface area contributed by atoms with Crippen LogP contribution in [0.3, 0.4) is 0 Å². The fourth-order valence-electron chi connectivity index (χ4n) is 4.06. The van der Waals surface area contributed by atoms with Crippen molar-refractivity contribution in [1.29, 1.82) is 0 Å². The van der Waals surface area contributed by atoms with Crippen molar-refractivity contribution >= 4 is 39.6 Å². The topological polar surface area (TPSA) is 51.3 Å². The second-order valence-corrected chi connectivity index (χ2v) is 7.94. The zero-order valence-electron chi connectivity index (χ0n) is 14.8. The van der Waals surface area contributed by atoms with Crippen LogP contribution in [0, 0.1) is 0 Å². The van der Waals surface area contributed by atoms with Crippen molar-refractivity contribution in [3.05, 3.63) is 86.9 Å². The van der Waals surface area contributed by atoms with Gasteiger partial charge in [0, 0.05) is 16.5 Å². The van der Waals surface area contributed by atoms with E-state index >= 15 is 0 Å². The Morgan fingerprint density at radius 1 is 0.964 bits per heavy atom. The molecule has 4 nitrogen and oxygen atoms in total. The quantitative estimate of drug-likeness (QED) is 0.488. The Balaban J connectivity index is 1.65. The maximum absolute atomic E-state index is 13.7. The smallest absolute Gasteiger partial charge is 0.231 e. The summed E-state index contributed by atoms with van der Waals surface area (Å²) in [4.78, 5) is 17.1. The van der Waals surface area contributed by atoms with E-state index in [1.165, 1.54) is 0 Å². The van der Waals surface area contributed by atoms with Gasteiger partial charge in [0.25, 0.3) is 0 Å². The molecule has 28 heavy (non-hydrogen) atoms. The first-order chi connectivity index (χ1) is 13.8. The van der Waals surface area contributed by atoms with E-state index in [9.17, 15) is 4.79 Å². The molecule has 4 aromatic rings. The summed E-state index contributed by atoms with van der Waals surface area (Å²) in [7, 11) is 0. The number of hydrogen-bond donors (Lipinski definition) is 1. The van der Waals surface area contributed by atoms with Gasteiger partial charge in [0.05, 0.1) is 16.2 Å². The van der Waals surface area contributed by atoms with Crippen LogP contribution in [0.4, 0.5) is 0 Å². The summed E-state index contributed by atoms with van der Waals surface area (Å²) in [6.45, 7) is 0.241. The minimum Gasteiger partial charge on any atom is -0.454 e. The maximum Gasteiger partial charge on any atom is 0.231 e. The van der Waals surface area contributed by atoms with E-state index in [0.29, 0.717) is 0 Å². The number of benzene rings is 2. The van der Waals surface area contributed by atoms with E-state index in [-0.39, 0.29) is 17.5 Å². The molecule has 0 radical (unpaired) electrons. The highest BCUT2D eigenvalue weighted by molar-refractivity contribution is 8.02. The summed E-state index contributed by atoms with van der Waals surface area (Å²) in [5.41, 5.74) is 4.73. The van der Waals surface area contributed by atoms with E-state index in [1.807, 2.05) is 60.7 Å². The number of rotatable bonds is 1. The average Bonchev–Trinajstić information content (AvgIpc) is 3.31. The first-order valence-corrected chi connectivity index (χ1v) is 10.0. The summed E-state index contributed by atoms with van der Waals surface area (Å²) < 4.78 is 11.0. The van der Waals surface area contributed by atoms with Crippen molar-refractivity contribution in [1.82, 2.24) is 4.98 Å². The number of aromatic nitrogens is 1. The minimum absolute atomic E-state index is 0.0759. The molecule has 1 atom stereocenters. The van der Waals surface area contributed by atoms with Crippen LogP contribution in [0.2, 0.25) is 0 Å². The molecule has 6 rings (SSSR count). The Morgan fingerprint density at radius 2 is 1.86 bits per heavy atom. The Hall–Kier alpha value is -3.18. The number of fused-ring (bicyclic) bond motifs is 5. The molecule has 1 N–H and O–H groups in total. The molecule has 0 amide bonds. The van der Waals surface area contributed by atoms with Gasteiger partial charge >= 0.3 is 0 Å². The summed E-state index contributed by atoms with van der Waals surface area (Å²) >= 11 is 1.64. The maximum atomic E-state index is 13.7. The number of H-pyrrole nitrogens is 1. The number of ether oxygens (including phenoxy) is 2. The molecule has 1 unspecified atom stereocenters. The SMILES string of the molecule is O=c1c2c(ccc3[nH]c4ccccc4c13)C=CSC2c1ccc2c(c1)OCO2. The van der Waals surface area contributed by atoms with Crippen LogP contribution in [-0.2, 0) is 0 Å². The van der Waals surface area contributed by atoms with Crippen molar-refractivity contribution < 1.29 is 9.47 Å². The summed E-state index contributed by atoms with van der Waals surface area (Å²) in [5, 5.41) is 3.68. The Labute approximate surface area is 164 Å². The van der Waals surface area contributed by atoms with Gasteiger partial charge in [0.2, 0.25) is 6.79 Å². The number of aromatic amines is 1. The molecule has 0 fully saturated rings. The molecule has 0 saturated heterocycles. The molecule has 2 aliphatic rings. The zero-order chi connectivity index (χ0) is 18.7. The molecular formula is C23H15NO3S. The number of thioether (sulfide) groups is 1. The van der Waals surface area contributed by atoms with Crippen molar-refractivity contribution in [3.63, 3.8) is 0 Å². The van der Waals surface area contributed by atoms with Crippen LogP contribution < -0.4 is 14.9 Å². The standard InChI is InChI=1S/C23H15NO3S/c25-22-20-13(5-7-17-21(22)15-3-1-2-4-16(15)24-17)9-10-28-23(20)14-6-8-18-19(11-14)27-12-26-18/h1-11,23-24H,12H2. The van der Waals surface area contributed by atoms with Crippen molar-refractivity contribution in [3.8, 4) is 11.5 Å². The van der Waals surface area contributed by atoms with Gasteiger partial charge in [0.1, 0.15) is 0 Å². The molecule has 3 heterocycles. The number of hydrogen-bond acceptors (Lipinski definition) is 4. The lowest BCUT2D eigenvalue weighted by atomic mass is 9.99. The molecule has 136 valence electrons.